The topological polar surface area (TPSA) is 63.1 Å². The third-order valence-corrected chi connectivity index (χ3v) is 4.98. The molecule has 1 atom stereocenters. The fourth-order valence-electron chi connectivity index (χ4n) is 3.40. The fourth-order valence-corrected chi connectivity index (χ4v) is 3.40. The second-order valence-electron chi connectivity index (χ2n) is 6.75. The first-order valence-corrected chi connectivity index (χ1v) is 9.11. The van der Waals surface area contributed by atoms with Crippen LogP contribution in [0.25, 0.3) is 11.0 Å². The van der Waals surface area contributed by atoms with Gasteiger partial charge in [-0.05, 0) is 43.5 Å². The number of anilines is 1. The Morgan fingerprint density at radius 1 is 1.15 bits per heavy atom. The zero-order valence-corrected chi connectivity index (χ0v) is 14.9. The molecule has 0 unspecified atom stereocenters. The summed E-state index contributed by atoms with van der Waals surface area (Å²) < 4.78 is 1.90. The summed E-state index contributed by atoms with van der Waals surface area (Å²) in [6.45, 7) is 4.53. The summed E-state index contributed by atoms with van der Waals surface area (Å²) in [7, 11) is 0. The van der Waals surface area contributed by atoms with E-state index in [0.717, 1.165) is 35.5 Å². The smallest absolute Gasteiger partial charge is 0.243 e. The Labute approximate surface area is 152 Å². The van der Waals surface area contributed by atoms with E-state index in [0.29, 0.717) is 6.54 Å². The first kappa shape index (κ1) is 16.6. The van der Waals surface area contributed by atoms with Crippen LogP contribution < -0.4 is 10.2 Å². The molecule has 0 saturated carbocycles. The van der Waals surface area contributed by atoms with Crippen molar-refractivity contribution in [2.45, 2.75) is 32.4 Å². The monoisotopic (exact) mass is 349 g/mol. The molecule has 4 rings (SSSR count). The number of nitrogens with one attached hydrogen (secondary N) is 1. The lowest BCUT2D eigenvalue weighted by Gasteiger charge is -2.17. The van der Waals surface area contributed by atoms with E-state index < -0.39 is 0 Å². The van der Waals surface area contributed by atoms with E-state index in [1.807, 2.05) is 54.1 Å². The molecule has 26 heavy (non-hydrogen) atoms. The van der Waals surface area contributed by atoms with Crippen LogP contribution in [0.5, 0.6) is 0 Å². The van der Waals surface area contributed by atoms with Crippen molar-refractivity contribution < 1.29 is 4.79 Å². The maximum Gasteiger partial charge on any atom is 0.243 e. The molecule has 0 spiro atoms. The van der Waals surface area contributed by atoms with E-state index in [-0.39, 0.29) is 11.9 Å². The molecule has 6 heteroatoms. The third kappa shape index (κ3) is 3.27. The van der Waals surface area contributed by atoms with Gasteiger partial charge in [0.25, 0.3) is 0 Å². The van der Waals surface area contributed by atoms with E-state index >= 15 is 0 Å². The Morgan fingerprint density at radius 2 is 1.96 bits per heavy atom. The van der Waals surface area contributed by atoms with Crippen molar-refractivity contribution in [3.05, 3.63) is 54.5 Å². The summed E-state index contributed by atoms with van der Waals surface area (Å²) in [6, 6.07) is 11.6. The molecule has 1 saturated heterocycles. The Balaban J connectivity index is 1.38. The predicted octanol–water partition coefficient (Wildman–Crippen LogP) is 2.91. The van der Waals surface area contributed by atoms with Crippen molar-refractivity contribution in [2.75, 3.05) is 18.0 Å². The van der Waals surface area contributed by atoms with Gasteiger partial charge in [0.15, 0.2) is 0 Å². The van der Waals surface area contributed by atoms with Gasteiger partial charge in [0.2, 0.25) is 5.91 Å². The van der Waals surface area contributed by atoms with Gasteiger partial charge in [0, 0.05) is 25.8 Å². The van der Waals surface area contributed by atoms with Gasteiger partial charge in [-0.2, -0.15) is 0 Å². The molecule has 1 aliphatic heterocycles. The van der Waals surface area contributed by atoms with Gasteiger partial charge in [-0.1, -0.05) is 18.2 Å². The fraction of sp³-hybridized carbons (Fsp3) is 0.350. The molecule has 2 aromatic heterocycles. The second kappa shape index (κ2) is 7.15. The van der Waals surface area contributed by atoms with Crippen LogP contribution in [0.15, 0.2) is 48.9 Å². The molecule has 6 nitrogen and oxygen atoms in total. The van der Waals surface area contributed by atoms with Crippen LogP contribution in [-0.4, -0.2) is 33.5 Å². The highest BCUT2D eigenvalue weighted by molar-refractivity contribution is 5.83. The van der Waals surface area contributed by atoms with Gasteiger partial charge in [0.1, 0.15) is 11.9 Å². The minimum absolute atomic E-state index is 0.0308. The molecule has 1 fully saturated rings. The molecule has 3 aromatic rings. The van der Waals surface area contributed by atoms with E-state index in [9.17, 15) is 4.79 Å². The molecule has 0 bridgehead atoms. The highest BCUT2D eigenvalue weighted by atomic mass is 16.2. The number of rotatable bonds is 5. The summed E-state index contributed by atoms with van der Waals surface area (Å²) in [5.74, 6) is 0.993. The van der Waals surface area contributed by atoms with Gasteiger partial charge in [0.05, 0.1) is 17.4 Å². The molecule has 134 valence electrons. The quantitative estimate of drug-likeness (QED) is 0.769. The minimum atomic E-state index is -0.320. The number of nitrogens with zero attached hydrogens (tertiary/aromatic N) is 4. The molecule has 1 aromatic carbocycles. The van der Waals surface area contributed by atoms with E-state index in [1.165, 1.54) is 12.8 Å². The van der Waals surface area contributed by atoms with Crippen LogP contribution >= 0.6 is 0 Å². The number of hydrogen-bond acceptors (Lipinski definition) is 4. The predicted molar refractivity (Wildman–Crippen MR) is 102 cm³/mol. The number of fused-ring (bicyclic) bond motifs is 1. The Hall–Kier alpha value is -2.89. The molecule has 1 amide bonds. The van der Waals surface area contributed by atoms with Crippen LogP contribution in [0.4, 0.5) is 5.82 Å². The number of carbonyl (C=O) groups excluding carboxylic acids is 1. The molecule has 0 radical (unpaired) electrons. The maximum absolute atomic E-state index is 12.5. The lowest BCUT2D eigenvalue weighted by molar-refractivity contribution is -0.123. The number of carbonyl (C=O) groups is 1. The standard InChI is InChI=1S/C20H23N5O/c1-15(25-14-23-17-6-2-3-7-18(17)25)20(26)22-13-16-8-9-19(21-12-16)24-10-4-5-11-24/h2-3,6-9,12,14-15H,4-5,10-11,13H2,1H3,(H,22,26)/t15-/m0/s1. The van der Waals surface area contributed by atoms with E-state index in [2.05, 4.69) is 20.2 Å². The van der Waals surface area contributed by atoms with Gasteiger partial charge < -0.3 is 14.8 Å². The number of pyridine rings is 1. The average molecular weight is 349 g/mol. The second-order valence-corrected chi connectivity index (χ2v) is 6.75. The number of amides is 1. The molecule has 0 aliphatic carbocycles. The summed E-state index contributed by atoms with van der Waals surface area (Å²) in [5, 5.41) is 3.00. The first-order chi connectivity index (χ1) is 12.7. The zero-order chi connectivity index (χ0) is 17.9. The van der Waals surface area contributed by atoms with Gasteiger partial charge in [-0.3, -0.25) is 4.79 Å². The number of imidazole rings is 1. The van der Waals surface area contributed by atoms with Gasteiger partial charge in [-0.25, -0.2) is 9.97 Å². The van der Waals surface area contributed by atoms with Crippen molar-refractivity contribution in [3.8, 4) is 0 Å². The Kier molecular flexibility index (Phi) is 4.56. The first-order valence-electron chi connectivity index (χ1n) is 9.11. The number of hydrogen-bond donors (Lipinski definition) is 1. The zero-order valence-electron chi connectivity index (χ0n) is 14.9. The molecular weight excluding hydrogens is 326 g/mol. The normalized spacial score (nSPS) is 15.3. The van der Waals surface area contributed by atoms with Crippen LogP contribution in [0.2, 0.25) is 0 Å². The molecule has 1 N–H and O–H groups in total. The van der Waals surface area contributed by atoms with Crippen molar-refractivity contribution in [2.24, 2.45) is 0 Å². The van der Waals surface area contributed by atoms with Crippen molar-refractivity contribution in [1.82, 2.24) is 19.9 Å². The largest absolute Gasteiger partial charge is 0.357 e. The van der Waals surface area contributed by atoms with E-state index in [4.69, 9.17) is 0 Å². The average Bonchev–Trinajstić information content (AvgIpc) is 3.36. The van der Waals surface area contributed by atoms with Crippen molar-refractivity contribution >= 4 is 22.8 Å². The van der Waals surface area contributed by atoms with Gasteiger partial charge in [-0.15, -0.1) is 0 Å². The summed E-state index contributed by atoms with van der Waals surface area (Å²) >= 11 is 0. The highest BCUT2D eigenvalue weighted by Crippen LogP contribution is 2.19. The number of para-hydroxylation sites is 2. The maximum atomic E-state index is 12.5. The highest BCUT2D eigenvalue weighted by Gasteiger charge is 2.17. The minimum Gasteiger partial charge on any atom is -0.357 e. The number of aromatic nitrogens is 3. The summed E-state index contributed by atoms with van der Waals surface area (Å²) in [5.41, 5.74) is 2.87. The van der Waals surface area contributed by atoms with Crippen molar-refractivity contribution in [1.29, 1.82) is 0 Å². The Morgan fingerprint density at radius 3 is 2.73 bits per heavy atom. The van der Waals surface area contributed by atoms with Crippen LogP contribution in [0.1, 0.15) is 31.4 Å². The molecule has 1 aliphatic rings. The SMILES string of the molecule is C[C@@H](C(=O)NCc1ccc(N2CCCC2)nc1)n1cnc2ccccc21. The van der Waals surface area contributed by atoms with Crippen LogP contribution in [-0.2, 0) is 11.3 Å². The van der Waals surface area contributed by atoms with Crippen LogP contribution in [0.3, 0.4) is 0 Å². The summed E-state index contributed by atoms with van der Waals surface area (Å²) in [4.78, 5) is 23.7. The van der Waals surface area contributed by atoms with E-state index in [1.54, 1.807) is 6.33 Å². The molecular formula is C20H23N5O. The Bertz CT molecular complexity index is 896. The van der Waals surface area contributed by atoms with Gasteiger partial charge >= 0.3 is 0 Å². The molecule has 3 heterocycles. The van der Waals surface area contributed by atoms with Crippen molar-refractivity contribution in [3.63, 3.8) is 0 Å². The summed E-state index contributed by atoms with van der Waals surface area (Å²) in [6.07, 6.45) is 6.05. The lowest BCUT2D eigenvalue weighted by Crippen LogP contribution is -2.30. The number of benzene rings is 1. The third-order valence-electron chi connectivity index (χ3n) is 4.98. The lowest BCUT2D eigenvalue weighted by atomic mass is 10.2. The van der Waals surface area contributed by atoms with Crippen LogP contribution in [0, 0.1) is 0 Å².